The fraction of sp³-hybridized carbons (Fsp3) is 1.00. The SMILES string of the molecule is CCC(N)C1CNC1.CCO[SiH](OCC)OCC. The number of nitrogens with two attached hydrogens (primary N) is 1. The van der Waals surface area contributed by atoms with Gasteiger partial charge in [0.05, 0.1) is 0 Å². The molecule has 1 aliphatic rings. The van der Waals surface area contributed by atoms with E-state index in [2.05, 4.69) is 12.2 Å². The quantitative estimate of drug-likeness (QED) is 0.642. The van der Waals surface area contributed by atoms with Gasteiger partial charge in [-0.1, -0.05) is 6.92 Å². The molecule has 5 nitrogen and oxygen atoms in total. The lowest BCUT2D eigenvalue weighted by atomic mass is 9.93. The van der Waals surface area contributed by atoms with Crippen LogP contribution in [-0.4, -0.2) is 48.5 Å². The van der Waals surface area contributed by atoms with E-state index in [9.17, 15) is 0 Å². The van der Waals surface area contributed by atoms with Crippen molar-refractivity contribution in [2.24, 2.45) is 11.7 Å². The van der Waals surface area contributed by atoms with Crippen molar-refractivity contribution in [1.82, 2.24) is 5.32 Å². The molecule has 1 heterocycles. The zero-order valence-electron chi connectivity index (χ0n) is 12.3. The van der Waals surface area contributed by atoms with Crippen LogP contribution in [-0.2, 0) is 13.3 Å². The lowest BCUT2D eigenvalue weighted by Gasteiger charge is -2.31. The van der Waals surface area contributed by atoms with E-state index in [1.807, 2.05) is 20.8 Å². The Labute approximate surface area is 113 Å². The fourth-order valence-corrected chi connectivity index (χ4v) is 2.60. The predicted molar refractivity (Wildman–Crippen MR) is 76.7 cm³/mol. The molecule has 1 aliphatic heterocycles. The van der Waals surface area contributed by atoms with Gasteiger partial charge in [0.1, 0.15) is 0 Å². The molecule has 0 radical (unpaired) electrons. The molecular formula is C12H30N2O3Si. The van der Waals surface area contributed by atoms with Crippen molar-refractivity contribution in [3.8, 4) is 0 Å². The highest BCUT2D eigenvalue weighted by molar-refractivity contribution is 6.36. The largest absolute Gasteiger partial charge is 0.484 e. The van der Waals surface area contributed by atoms with Gasteiger partial charge in [-0.15, -0.1) is 0 Å². The van der Waals surface area contributed by atoms with Gasteiger partial charge >= 0.3 is 9.53 Å². The first kappa shape index (κ1) is 18.0. The van der Waals surface area contributed by atoms with Crippen LogP contribution in [0.5, 0.6) is 0 Å². The Kier molecular flexibility index (Phi) is 12.1. The summed E-state index contributed by atoms with van der Waals surface area (Å²) < 4.78 is 15.7. The van der Waals surface area contributed by atoms with Crippen LogP contribution >= 0.6 is 0 Å². The Balaban J connectivity index is 0.000000327. The smallest absolute Gasteiger partial charge is 0.376 e. The number of nitrogens with one attached hydrogen (secondary N) is 1. The highest BCUT2D eigenvalue weighted by Gasteiger charge is 2.21. The normalized spacial score (nSPS) is 17.0. The molecule has 110 valence electrons. The van der Waals surface area contributed by atoms with Crippen molar-refractivity contribution >= 4 is 9.53 Å². The van der Waals surface area contributed by atoms with E-state index in [1.165, 1.54) is 0 Å². The Hall–Kier alpha value is 0.0169. The number of hydrogen-bond donors (Lipinski definition) is 2. The molecule has 1 rings (SSSR count). The minimum atomic E-state index is -1.73. The molecule has 0 spiro atoms. The van der Waals surface area contributed by atoms with E-state index >= 15 is 0 Å². The predicted octanol–water partition coefficient (Wildman–Crippen LogP) is 0.756. The van der Waals surface area contributed by atoms with Crippen molar-refractivity contribution in [3.63, 3.8) is 0 Å². The Morgan fingerprint density at radius 2 is 1.50 bits per heavy atom. The molecule has 1 unspecified atom stereocenters. The second-order valence-corrected chi connectivity index (χ2v) is 5.72. The van der Waals surface area contributed by atoms with Crippen LogP contribution in [0.25, 0.3) is 0 Å². The van der Waals surface area contributed by atoms with Crippen LogP contribution in [0.4, 0.5) is 0 Å². The summed E-state index contributed by atoms with van der Waals surface area (Å²) >= 11 is 0. The summed E-state index contributed by atoms with van der Waals surface area (Å²) in [4.78, 5) is 0. The molecule has 0 saturated carbocycles. The molecule has 0 bridgehead atoms. The Morgan fingerprint density at radius 1 is 1.06 bits per heavy atom. The van der Waals surface area contributed by atoms with Gasteiger partial charge in [0, 0.05) is 39.0 Å². The third-order valence-electron chi connectivity index (χ3n) is 2.80. The van der Waals surface area contributed by atoms with Gasteiger partial charge in [-0.05, 0) is 33.1 Å². The molecule has 0 aliphatic carbocycles. The van der Waals surface area contributed by atoms with Gasteiger partial charge in [0.15, 0.2) is 0 Å². The van der Waals surface area contributed by atoms with Crippen LogP contribution in [0.2, 0.25) is 0 Å². The molecule has 0 aromatic rings. The van der Waals surface area contributed by atoms with Crippen LogP contribution in [0, 0.1) is 5.92 Å². The van der Waals surface area contributed by atoms with Crippen molar-refractivity contribution in [2.75, 3.05) is 32.9 Å². The second kappa shape index (κ2) is 12.1. The summed E-state index contributed by atoms with van der Waals surface area (Å²) in [5, 5.41) is 3.20. The maximum atomic E-state index is 5.74. The molecule has 0 aromatic heterocycles. The first-order valence-corrected chi connectivity index (χ1v) is 8.41. The summed E-state index contributed by atoms with van der Waals surface area (Å²) in [7, 11) is -1.73. The fourth-order valence-electron chi connectivity index (χ4n) is 1.50. The zero-order valence-corrected chi connectivity index (χ0v) is 13.4. The highest BCUT2D eigenvalue weighted by atomic mass is 28.3. The monoisotopic (exact) mass is 278 g/mol. The van der Waals surface area contributed by atoms with Gasteiger partial charge in [-0.25, -0.2) is 0 Å². The lowest BCUT2D eigenvalue weighted by molar-refractivity contribution is 0.107. The molecular weight excluding hydrogens is 248 g/mol. The third kappa shape index (κ3) is 8.18. The van der Waals surface area contributed by atoms with E-state index in [0.717, 1.165) is 25.4 Å². The van der Waals surface area contributed by atoms with Gasteiger partial charge in [-0.3, -0.25) is 0 Å². The first-order chi connectivity index (χ1) is 8.69. The van der Waals surface area contributed by atoms with Crippen molar-refractivity contribution < 1.29 is 13.3 Å². The Bertz CT molecular complexity index is 166. The topological polar surface area (TPSA) is 65.7 Å². The summed E-state index contributed by atoms with van der Waals surface area (Å²) in [5.41, 5.74) is 5.74. The standard InChI is InChI=1S/C6H14N2.C6H16O3Si/c1-2-6(7)5-3-8-4-5;1-4-7-10(8-5-2)9-6-3/h5-6,8H,2-4,7H2,1H3;10H,4-6H2,1-3H3. The number of rotatable bonds is 8. The van der Waals surface area contributed by atoms with Crippen LogP contribution in [0.3, 0.4) is 0 Å². The van der Waals surface area contributed by atoms with E-state index in [4.69, 9.17) is 19.0 Å². The highest BCUT2D eigenvalue weighted by Crippen LogP contribution is 2.08. The van der Waals surface area contributed by atoms with E-state index in [0.29, 0.717) is 25.9 Å². The molecule has 1 atom stereocenters. The van der Waals surface area contributed by atoms with Gasteiger partial charge in [-0.2, -0.15) is 0 Å². The average Bonchev–Trinajstić information content (AvgIpc) is 2.28. The molecule has 0 amide bonds. The van der Waals surface area contributed by atoms with Crippen molar-refractivity contribution in [2.45, 2.75) is 40.2 Å². The zero-order chi connectivity index (χ0) is 13.8. The minimum absolute atomic E-state index is 0.441. The maximum absolute atomic E-state index is 5.74. The van der Waals surface area contributed by atoms with Gasteiger partial charge in [0.2, 0.25) is 0 Å². The summed E-state index contributed by atoms with van der Waals surface area (Å²) in [6.45, 7) is 12.3. The number of hydrogen-bond acceptors (Lipinski definition) is 5. The third-order valence-corrected chi connectivity index (χ3v) is 4.61. The summed E-state index contributed by atoms with van der Waals surface area (Å²) in [5.74, 6) is 0.764. The summed E-state index contributed by atoms with van der Waals surface area (Å²) in [6, 6.07) is 0.441. The second-order valence-electron chi connectivity index (χ2n) is 4.15. The average molecular weight is 278 g/mol. The van der Waals surface area contributed by atoms with E-state index in [-0.39, 0.29) is 0 Å². The van der Waals surface area contributed by atoms with E-state index in [1.54, 1.807) is 0 Å². The lowest BCUT2D eigenvalue weighted by Crippen LogP contribution is -2.51. The van der Waals surface area contributed by atoms with Crippen LogP contribution < -0.4 is 11.1 Å². The first-order valence-electron chi connectivity index (χ1n) is 7.00. The minimum Gasteiger partial charge on any atom is -0.376 e. The van der Waals surface area contributed by atoms with Crippen molar-refractivity contribution in [1.29, 1.82) is 0 Å². The van der Waals surface area contributed by atoms with Crippen LogP contribution in [0.1, 0.15) is 34.1 Å². The van der Waals surface area contributed by atoms with E-state index < -0.39 is 9.53 Å². The molecule has 1 saturated heterocycles. The van der Waals surface area contributed by atoms with Crippen molar-refractivity contribution in [3.05, 3.63) is 0 Å². The molecule has 1 fully saturated rings. The maximum Gasteiger partial charge on any atom is 0.484 e. The van der Waals surface area contributed by atoms with Gasteiger partial charge in [0.25, 0.3) is 0 Å². The van der Waals surface area contributed by atoms with Crippen LogP contribution in [0.15, 0.2) is 0 Å². The molecule has 6 heteroatoms. The Morgan fingerprint density at radius 3 is 1.67 bits per heavy atom. The van der Waals surface area contributed by atoms with Gasteiger partial charge < -0.3 is 24.3 Å². The molecule has 18 heavy (non-hydrogen) atoms. The molecule has 3 N–H and O–H groups in total. The molecule has 0 aromatic carbocycles. The summed E-state index contributed by atoms with van der Waals surface area (Å²) in [6.07, 6.45) is 1.12.